The molecule has 64 valence electrons. The molecule has 0 saturated carbocycles. The second kappa shape index (κ2) is 3.07. The number of phenolic OH excluding ortho intramolecular Hbond substituents is 1. The third-order valence-corrected chi connectivity index (χ3v) is 2.86. The molecule has 1 unspecified atom stereocenters. The van der Waals surface area contributed by atoms with Crippen molar-refractivity contribution in [3.63, 3.8) is 0 Å². The molecule has 12 heavy (non-hydrogen) atoms. The van der Waals surface area contributed by atoms with Gasteiger partial charge in [-0.1, -0.05) is 12.1 Å². The molecule has 2 N–H and O–H groups in total. The van der Waals surface area contributed by atoms with E-state index >= 15 is 0 Å². The summed E-state index contributed by atoms with van der Waals surface area (Å²) in [4.78, 5) is 0. The van der Waals surface area contributed by atoms with Crippen LogP contribution in [0.15, 0.2) is 22.7 Å². The van der Waals surface area contributed by atoms with Crippen LogP contribution < -0.4 is 5.32 Å². The lowest BCUT2D eigenvalue weighted by atomic mass is 9.97. The Morgan fingerprint density at radius 3 is 2.83 bits per heavy atom. The van der Waals surface area contributed by atoms with Gasteiger partial charge in [0, 0.05) is 11.6 Å². The Hall–Kier alpha value is -0.540. The summed E-state index contributed by atoms with van der Waals surface area (Å²) < 4.78 is 0.772. The molecule has 0 spiro atoms. The maximum atomic E-state index is 9.65. The monoisotopic (exact) mass is 227 g/mol. The zero-order valence-electron chi connectivity index (χ0n) is 6.55. The first-order valence-corrected chi connectivity index (χ1v) is 4.79. The molecule has 1 aromatic carbocycles. The molecule has 1 fully saturated rings. The molecule has 1 aromatic rings. The highest BCUT2D eigenvalue weighted by Gasteiger charge is 2.21. The normalized spacial score (nSPS) is 21.9. The molecule has 2 rings (SSSR count). The average Bonchev–Trinajstić information content (AvgIpc) is 1.95. The van der Waals surface area contributed by atoms with Crippen molar-refractivity contribution in [3.05, 3.63) is 28.2 Å². The molecule has 1 saturated heterocycles. The second-order valence-electron chi connectivity index (χ2n) is 2.97. The van der Waals surface area contributed by atoms with Gasteiger partial charge in [-0.3, -0.25) is 0 Å². The highest BCUT2D eigenvalue weighted by molar-refractivity contribution is 9.10. The third-order valence-electron chi connectivity index (χ3n) is 2.22. The van der Waals surface area contributed by atoms with E-state index in [9.17, 15) is 5.11 Å². The summed E-state index contributed by atoms with van der Waals surface area (Å²) in [6.45, 7) is 1.05. The molecular formula is C9H10BrNO. The van der Waals surface area contributed by atoms with Crippen molar-refractivity contribution in [3.8, 4) is 5.75 Å². The number of phenols is 1. The van der Waals surface area contributed by atoms with Crippen LogP contribution in [0.25, 0.3) is 0 Å². The number of para-hydroxylation sites is 1. The second-order valence-corrected chi connectivity index (χ2v) is 3.83. The van der Waals surface area contributed by atoms with Gasteiger partial charge in [-0.25, -0.2) is 0 Å². The maximum Gasteiger partial charge on any atom is 0.134 e. The Labute approximate surface area is 79.7 Å². The number of nitrogens with one attached hydrogen (secondary N) is 1. The topological polar surface area (TPSA) is 32.3 Å². The van der Waals surface area contributed by atoms with E-state index in [0.29, 0.717) is 11.8 Å². The molecule has 0 aromatic heterocycles. The van der Waals surface area contributed by atoms with Crippen LogP contribution in [-0.4, -0.2) is 11.7 Å². The number of hydrogen-bond donors (Lipinski definition) is 2. The minimum atomic E-state index is 0.350. The zero-order chi connectivity index (χ0) is 8.55. The molecule has 1 aliphatic rings. The predicted molar refractivity (Wildman–Crippen MR) is 51.2 cm³/mol. The Morgan fingerprint density at radius 1 is 1.50 bits per heavy atom. The van der Waals surface area contributed by atoms with E-state index in [1.807, 2.05) is 18.2 Å². The first kappa shape index (κ1) is 8.08. The van der Waals surface area contributed by atoms with E-state index in [-0.39, 0.29) is 0 Å². The summed E-state index contributed by atoms with van der Waals surface area (Å²) in [5.74, 6) is 0.370. The summed E-state index contributed by atoms with van der Waals surface area (Å²) in [5, 5.41) is 12.9. The molecular weight excluding hydrogens is 218 g/mol. The molecule has 2 nitrogen and oxygen atoms in total. The number of benzene rings is 1. The number of hydrogen-bond acceptors (Lipinski definition) is 2. The first-order chi connectivity index (χ1) is 5.79. The fraction of sp³-hybridized carbons (Fsp3) is 0.333. The Bertz CT molecular complexity index is 297. The van der Waals surface area contributed by atoms with Crippen molar-refractivity contribution in [2.24, 2.45) is 0 Å². The third kappa shape index (κ3) is 1.23. The van der Waals surface area contributed by atoms with E-state index in [0.717, 1.165) is 23.0 Å². The lowest BCUT2D eigenvalue weighted by Gasteiger charge is -2.28. The van der Waals surface area contributed by atoms with Crippen LogP contribution in [0.5, 0.6) is 5.75 Å². The van der Waals surface area contributed by atoms with Gasteiger partial charge >= 0.3 is 0 Å². The molecule has 0 aliphatic carbocycles. The average molecular weight is 228 g/mol. The Morgan fingerprint density at radius 2 is 2.25 bits per heavy atom. The van der Waals surface area contributed by atoms with Gasteiger partial charge in [0.1, 0.15) is 5.75 Å². The summed E-state index contributed by atoms with van der Waals surface area (Å²) in [7, 11) is 0. The lowest BCUT2D eigenvalue weighted by molar-refractivity contribution is 0.363. The van der Waals surface area contributed by atoms with Gasteiger partial charge in [-0.05, 0) is 35.0 Å². The van der Waals surface area contributed by atoms with E-state index in [4.69, 9.17) is 0 Å². The van der Waals surface area contributed by atoms with Gasteiger partial charge in [0.25, 0.3) is 0 Å². The van der Waals surface area contributed by atoms with Crippen molar-refractivity contribution in [1.82, 2.24) is 5.32 Å². The minimum absolute atomic E-state index is 0.350. The van der Waals surface area contributed by atoms with Crippen LogP contribution >= 0.6 is 15.9 Å². The highest BCUT2D eigenvalue weighted by atomic mass is 79.9. The molecule has 1 aliphatic heterocycles. The Balaban J connectivity index is 2.36. The van der Waals surface area contributed by atoms with Gasteiger partial charge in [-0.2, -0.15) is 0 Å². The van der Waals surface area contributed by atoms with E-state index in [1.165, 1.54) is 0 Å². The maximum absolute atomic E-state index is 9.65. The Kier molecular flexibility index (Phi) is 2.07. The fourth-order valence-electron chi connectivity index (χ4n) is 1.37. The zero-order valence-corrected chi connectivity index (χ0v) is 8.13. The van der Waals surface area contributed by atoms with Gasteiger partial charge in [0.15, 0.2) is 0 Å². The molecule has 1 heterocycles. The van der Waals surface area contributed by atoms with Gasteiger partial charge < -0.3 is 10.4 Å². The van der Waals surface area contributed by atoms with Gasteiger partial charge in [0.05, 0.1) is 4.47 Å². The van der Waals surface area contributed by atoms with Gasteiger partial charge in [-0.15, -0.1) is 0 Å². The fourth-order valence-corrected chi connectivity index (χ4v) is 1.75. The van der Waals surface area contributed by atoms with Crippen LogP contribution in [0.3, 0.4) is 0 Å². The van der Waals surface area contributed by atoms with E-state index in [1.54, 1.807) is 0 Å². The molecule has 0 radical (unpaired) electrons. The van der Waals surface area contributed by atoms with Crippen LogP contribution in [0.4, 0.5) is 0 Å². The van der Waals surface area contributed by atoms with Crippen molar-refractivity contribution < 1.29 is 5.11 Å². The van der Waals surface area contributed by atoms with Crippen molar-refractivity contribution in [2.75, 3.05) is 6.54 Å². The van der Waals surface area contributed by atoms with Crippen molar-refractivity contribution in [1.29, 1.82) is 0 Å². The molecule has 3 heteroatoms. The van der Waals surface area contributed by atoms with Crippen LogP contribution in [0, 0.1) is 0 Å². The van der Waals surface area contributed by atoms with E-state index in [2.05, 4.69) is 21.2 Å². The van der Waals surface area contributed by atoms with Crippen LogP contribution in [0.2, 0.25) is 0 Å². The van der Waals surface area contributed by atoms with E-state index < -0.39 is 0 Å². The lowest BCUT2D eigenvalue weighted by Crippen LogP contribution is -2.34. The summed E-state index contributed by atoms with van der Waals surface area (Å²) >= 11 is 3.29. The molecule has 0 bridgehead atoms. The SMILES string of the molecule is Oc1c(Br)cccc1C1CCN1. The standard InChI is InChI=1S/C9H10BrNO/c10-7-3-1-2-6(9(7)12)8-4-5-11-8/h1-3,8,11-12H,4-5H2. The van der Waals surface area contributed by atoms with Crippen molar-refractivity contribution in [2.45, 2.75) is 12.5 Å². The van der Waals surface area contributed by atoms with Crippen LogP contribution in [-0.2, 0) is 0 Å². The number of rotatable bonds is 1. The highest BCUT2D eigenvalue weighted by Crippen LogP contribution is 2.35. The number of aromatic hydroxyl groups is 1. The smallest absolute Gasteiger partial charge is 0.134 e. The minimum Gasteiger partial charge on any atom is -0.506 e. The summed E-state index contributed by atoms with van der Waals surface area (Å²) in [6.07, 6.45) is 1.12. The first-order valence-electron chi connectivity index (χ1n) is 4.00. The predicted octanol–water partition coefficient (Wildman–Crippen LogP) is 2.19. The van der Waals surface area contributed by atoms with Gasteiger partial charge in [0.2, 0.25) is 0 Å². The van der Waals surface area contributed by atoms with Crippen molar-refractivity contribution >= 4 is 15.9 Å². The number of halogens is 1. The molecule has 1 atom stereocenters. The summed E-state index contributed by atoms with van der Waals surface area (Å²) in [5.41, 5.74) is 0.996. The molecule has 0 amide bonds. The largest absolute Gasteiger partial charge is 0.506 e. The van der Waals surface area contributed by atoms with Crippen LogP contribution in [0.1, 0.15) is 18.0 Å². The quantitative estimate of drug-likeness (QED) is 0.772. The summed E-state index contributed by atoms with van der Waals surface area (Å²) in [6, 6.07) is 6.09.